The Hall–Kier alpha value is -3.27. The van der Waals surface area contributed by atoms with Gasteiger partial charge < -0.3 is 15.5 Å². The third-order valence-electron chi connectivity index (χ3n) is 7.80. The highest BCUT2D eigenvalue weighted by Crippen LogP contribution is 2.54. The minimum atomic E-state index is -0.157. The molecule has 0 fully saturated rings. The average Bonchev–Trinajstić information content (AvgIpc) is 2.84. The molecule has 0 saturated heterocycles. The van der Waals surface area contributed by atoms with Crippen LogP contribution in [0.25, 0.3) is 0 Å². The normalized spacial score (nSPS) is 23.5. The van der Waals surface area contributed by atoms with Crippen LogP contribution in [0, 0.1) is 0 Å². The quantitative estimate of drug-likeness (QED) is 0.519. The fourth-order valence-corrected chi connectivity index (χ4v) is 5.76. The lowest BCUT2D eigenvalue weighted by molar-refractivity contribution is 0.252. The van der Waals surface area contributed by atoms with Gasteiger partial charge in [-0.05, 0) is 54.2 Å². The smallest absolute Gasteiger partial charge is 0.319 e. The van der Waals surface area contributed by atoms with Crippen LogP contribution in [0.15, 0.2) is 72.8 Å². The van der Waals surface area contributed by atoms with Crippen molar-refractivity contribution >= 4 is 17.4 Å². The summed E-state index contributed by atoms with van der Waals surface area (Å²) in [4.78, 5) is 15.1. The van der Waals surface area contributed by atoms with Gasteiger partial charge in [0, 0.05) is 41.8 Å². The van der Waals surface area contributed by atoms with E-state index < -0.39 is 0 Å². The van der Waals surface area contributed by atoms with Crippen LogP contribution in [-0.4, -0.2) is 25.7 Å². The van der Waals surface area contributed by atoms with Crippen LogP contribution in [0.4, 0.5) is 16.2 Å². The first kappa shape index (κ1) is 21.6. The second-order valence-electron chi connectivity index (χ2n) is 9.79. The number of benzene rings is 3. The van der Waals surface area contributed by atoms with Crippen LogP contribution in [0.2, 0.25) is 0 Å². The maximum absolute atomic E-state index is 12.5. The molecular formula is C29H33N3O. The number of nitrogens with one attached hydrogen (secondary N) is 2. The van der Waals surface area contributed by atoms with Gasteiger partial charge in [0.15, 0.2) is 0 Å². The van der Waals surface area contributed by atoms with Gasteiger partial charge in [0.05, 0.1) is 0 Å². The SMILES string of the molecule is CCNC(=O)Nc1cc2c3c(c1)[C@](C)(c1ccccc1)CCN3CC[C@@]2(C)c1ccccc1. The molecule has 0 unspecified atom stereocenters. The van der Waals surface area contributed by atoms with Gasteiger partial charge in [-0.25, -0.2) is 4.79 Å². The van der Waals surface area contributed by atoms with E-state index >= 15 is 0 Å². The Morgan fingerprint density at radius 3 is 1.79 bits per heavy atom. The van der Waals surface area contributed by atoms with Crippen molar-refractivity contribution in [3.05, 3.63) is 95.1 Å². The number of anilines is 2. The molecule has 2 atom stereocenters. The largest absolute Gasteiger partial charge is 0.371 e. The van der Waals surface area contributed by atoms with Crippen LogP contribution < -0.4 is 15.5 Å². The van der Waals surface area contributed by atoms with E-state index in [1.54, 1.807) is 0 Å². The first-order valence-corrected chi connectivity index (χ1v) is 12.1. The van der Waals surface area contributed by atoms with Crippen LogP contribution in [-0.2, 0) is 10.8 Å². The zero-order valence-electron chi connectivity index (χ0n) is 19.8. The summed E-state index contributed by atoms with van der Waals surface area (Å²) in [6, 6.07) is 25.9. The maximum atomic E-state index is 12.5. The lowest BCUT2D eigenvalue weighted by Crippen LogP contribution is -2.47. The fraction of sp³-hybridized carbons (Fsp3) is 0.345. The van der Waals surface area contributed by atoms with Gasteiger partial charge in [-0.3, -0.25) is 0 Å². The highest BCUT2D eigenvalue weighted by molar-refractivity contribution is 5.90. The molecule has 0 saturated carbocycles. The molecule has 0 aliphatic carbocycles. The molecule has 5 rings (SSSR count). The summed E-state index contributed by atoms with van der Waals surface area (Å²) < 4.78 is 0. The van der Waals surface area contributed by atoms with Crippen molar-refractivity contribution in [3.63, 3.8) is 0 Å². The minimum absolute atomic E-state index is 0.115. The molecule has 0 aromatic heterocycles. The Morgan fingerprint density at radius 1 is 0.848 bits per heavy atom. The van der Waals surface area contributed by atoms with Gasteiger partial charge in [0.2, 0.25) is 0 Å². The molecule has 2 aliphatic rings. The molecule has 170 valence electrons. The predicted octanol–water partition coefficient (Wildman–Crippen LogP) is 6.05. The van der Waals surface area contributed by atoms with E-state index in [4.69, 9.17) is 0 Å². The molecule has 0 spiro atoms. The first-order valence-electron chi connectivity index (χ1n) is 12.1. The van der Waals surface area contributed by atoms with Crippen LogP contribution in [0.1, 0.15) is 55.9 Å². The van der Waals surface area contributed by atoms with E-state index in [0.29, 0.717) is 6.54 Å². The van der Waals surface area contributed by atoms with Crippen molar-refractivity contribution < 1.29 is 4.79 Å². The van der Waals surface area contributed by atoms with E-state index in [-0.39, 0.29) is 16.9 Å². The molecular weight excluding hydrogens is 406 g/mol. The zero-order valence-corrected chi connectivity index (χ0v) is 19.8. The Morgan fingerprint density at radius 2 is 1.33 bits per heavy atom. The minimum Gasteiger partial charge on any atom is -0.371 e. The van der Waals surface area contributed by atoms with Crippen molar-refractivity contribution in [1.82, 2.24) is 5.32 Å². The van der Waals surface area contributed by atoms with Gasteiger partial charge in [-0.15, -0.1) is 0 Å². The third-order valence-corrected chi connectivity index (χ3v) is 7.80. The number of urea groups is 1. The number of hydrogen-bond acceptors (Lipinski definition) is 2. The van der Waals surface area contributed by atoms with Crippen molar-refractivity contribution in [2.45, 2.75) is 44.4 Å². The molecule has 4 nitrogen and oxygen atoms in total. The third kappa shape index (κ3) is 3.58. The summed E-state index contributed by atoms with van der Waals surface area (Å²) in [6.07, 6.45) is 2.10. The van der Waals surface area contributed by atoms with Crippen molar-refractivity contribution in [2.24, 2.45) is 0 Å². The second-order valence-corrected chi connectivity index (χ2v) is 9.79. The lowest BCUT2D eigenvalue weighted by Gasteiger charge is -2.50. The van der Waals surface area contributed by atoms with Crippen molar-refractivity contribution in [2.75, 3.05) is 29.9 Å². The molecule has 2 amide bonds. The van der Waals surface area contributed by atoms with Gasteiger partial charge >= 0.3 is 6.03 Å². The van der Waals surface area contributed by atoms with E-state index in [1.165, 1.54) is 27.9 Å². The summed E-state index contributed by atoms with van der Waals surface area (Å²) in [5.41, 5.74) is 7.26. The fourth-order valence-electron chi connectivity index (χ4n) is 5.76. The highest BCUT2D eigenvalue weighted by atomic mass is 16.2. The van der Waals surface area contributed by atoms with Crippen molar-refractivity contribution in [1.29, 1.82) is 0 Å². The van der Waals surface area contributed by atoms with E-state index in [9.17, 15) is 4.79 Å². The maximum Gasteiger partial charge on any atom is 0.319 e. The standard InChI is InChI=1S/C29H33N3O/c1-4-30-27(33)31-23-19-24-26-25(20-23)29(3,22-13-9-6-10-14-22)16-18-32(26)17-15-28(24,2)21-11-7-5-8-12-21/h5-14,19-20H,4,15-18H2,1-3H3,(H2,30,31,33)/t28-,29-/m0/s1. The van der Waals surface area contributed by atoms with Crippen LogP contribution in [0.5, 0.6) is 0 Å². The number of nitrogens with zero attached hydrogens (tertiary/aromatic N) is 1. The summed E-state index contributed by atoms with van der Waals surface area (Å²) >= 11 is 0. The molecule has 3 aromatic carbocycles. The van der Waals surface area contributed by atoms with E-state index in [2.05, 4.69) is 102 Å². The van der Waals surface area contributed by atoms with E-state index in [1.807, 2.05) is 6.92 Å². The highest BCUT2D eigenvalue weighted by Gasteiger charge is 2.44. The molecule has 0 bridgehead atoms. The molecule has 2 aliphatic heterocycles. The molecule has 4 heteroatoms. The summed E-state index contributed by atoms with van der Waals surface area (Å²) in [7, 11) is 0. The Bertz CT molecular complexity index is 1080. The Kier molecular flexibility index (Phi) is 5.40. The zero-order chi connectivity index (χ0) is 23.1. The number of amides is 2. The number of carbonyl (C=O) groups is 1. The van der Waals surface area contributed by atoms with Gasteiger partial charge in [0.1, 0.15) is 0 Å². The summed E-state index contributed by atoms with van der Waals surface area (Å²) in [5, 5.41) is 6.00. The molecule has 33 heavy (non-hydrogen) atoms. The molecule has 3 aromatic rings. The molecule has 2 N–H and O–H groups in total. The van der Waals surface area contributed by atoms with Gasteiger partial charge in [0.25, 0.3) is 0 Å². The van der Waals surface area contributed by atoms with Gasteiger partial charge in [-0.1, -0.05) is 74.5 Å². The second kappa shape index (κ2) is 8.26. The van der Waals surface area contributed by atoms with Crippen molar-refractivity contribution in [3.8, 4) is 0 Å². The summed E-state index contributed by atoms with van der Waals surface area (Å²) in [5.74, 6) is 0. The lowest BCUT2D eigenvalue weighted by atomic mass is 9.64. The number of hydrogen-bond donors (Lipinski definition) is 2. The van der Waals surface area contributed by atoms with Crippen LogP contribution in [0.3, 0.4) is 0 Å². The van der Waals surface area contributed by atoms with E-state index in [0.717, 1.165) is 31.6 Å². The monoisotopic (exact) mass is 439 g/mol. The van der Waals surface area contributed by atoms with Crippen LogP contribution >= 0.6 is 0 Å². The number of carbonyl (C=O) groups excluding carboxylic acids is 1. The Labute approximate surface area is 197 Å². The summed E-state index contributed by atoms with van der Waals surface area (Å²) in [6.45, 7) is 9.34. The number of rotatable bonds is 4. The topological polar surface area (TPSA) is 44.4 Å². The predicted molar refractivity (Wildman–Crippen MR) is 136 cm³/mol. The Balaban J connectivity index is 1.74. The molecule has 0 radical (unpaired) electrons. The molecule has 2 heterocycles. The average molecular weight is 440 g/mol. The van der Waals surface area contributed by atoms with Gasteiger partial charge in [-0.2, -0.15) is 0 Å². The first-order chi connectivity index (χ1) is 16.0.